The van der Waals surface area contributed by atoms with Gasteiger partial charge < -0.3 is 25.0 Å². The van der Waals surface area contributed by atoms with Gasteiger partial charge in [0.05, 0.1) is 5.56 Å². The number of carbonyl (C=O) groups excluding carboxylic acids is 3. The number of piperazine rings is 1. The zero-order valence-corrected chi connectivity index (χ0v) is 27.9. The molecule has 256 valence electrons. The molecule has 2 fully saturated rings. The second kappa shape index (κ2) is 14.6. The van der Waals surface area contributed by atoms with Crippen molar-refractivity contribution in [1.82, 2.24) is 15.1 Å². The molecule has 0 bridgehead atoms. The van der Waals surface area contributed by atoms with E-state index >= 15 is 0 Å². The van der Waals surface area contributed by atoms with Crippen LogP contribution in [0.5, 0.6) is 11.5 Å². The number of hydrogen-bond donors (Lipinski definition) is 2. The van der Waals surface area contributed by atoms with Crippen LogP contribution in [-0.2, 0) is 33.9 Å². The molecule has 7 rings (SSSR count). The fraction of sp³-hybridized carbons (Fsp3) is 0.317. The van der Waals surface area contributed by atoms with Crippen molar-refractivity contribution in [3.8, 4) is 11.5 Å². The van der Waals surface area contributed by atoms with Crippen molar-refractivity contribution in [2.24, 2.45) is 5.92 Å². The quantitative estimate of drug-likeness (QED) is 0.195. The molecule has 9 heteroatoms. The molecule has 3 amide bonds. The second-order valence-corrected chi connectivity index (χ2v) is 13.6. The number of carboxylic acid groups (broad SMARTS) is 1. The van der Waals surface area contributed by atoms with E-state index < -0.39 is 30.0 Å². The first kappa shape index (κ1) is 33.1. The lowest BCUT2D eigenvalue weighted by Crippen LogP contribution is -2.67. The van der Waals surface area contributed by atoms with Gasteiger partial charge in [-0.05, 0) is 71.0 Å². The van der Waals surface area contributed by atoms with Gasteiger partial charge in [-0.2, -0.15) is 0 Å². The van der Waals surface area contributed by atoms with E-state index in [0.29, 0.717) is 42.0 Å². The highest BCUT2D eigenvalue weighted by Gasteiger charge is 2.51. The molecule has 3 aliphatic rings. The smallest absolute Gasteiger partial charge is 0.335 e. The summed E-state index contributed by atoms with van der Waals surface area (Å²) in [6.07, 6.45) is 6.23. The fourth-order valence-electron chi connectivity index (χ4n) is 7.70. The number of rotatable bonds is 10. The molecule has 4 aromatic carbocycles. The molecule has 1 saturated heterocycles. The molecule has 9 nitrogen and oxygen atoms in total. The first-order valence-corrected chi connectivity index (χ1v) is 17.5. The first-order chi connectivity index (χ1) is 24.4. The van der Waals surface area contributed by atoms with E-state index in [-0.39, 0.29) is 29.8 Å². The average molecular weight is 672 g/mol. The zero-order valence-electron chi connectivity index (χ0n) is 27.9. The SMILES string of the molecule is O=C(O)c1ccc(CNC(=O)C(c2ccc(Oc3ccccc3)cc2)N2C(=O)[C@@H]3Cc4ccccc4CN3C(=O)[C@@H]2CC2CCCCC2)cc1. The van der Waals surface area contributed by atoms with Crippen LogP contribution in [0.1, 0.15) is 77.2 Å². The van der Waals surface area contributed by atoms with Crippen molar-refractivity contribution in [2.45, 2.75) is 76.2 Å². The molecule has 2 aliphatic heterocycles. The van der Waals surface area contributed by atoms with E-state index in [0.717, 1.165) is 36.8 Å². The number of fused-ring (bicyclic) bond motifs is 2. The van der Waals surface area contributed by atoms with Crippen molar-refractivity contribution < 1.29 is 29.0 Å². The summed E-state index contributed by atoms with van der Waals surface area (Å²) in [6, 6.07) is 28.2. The number of nitrogens with one attached hydrogen (secondary N) is 1. The molecule has 0 radical (unpaired) electrons. The summed E-state index contributed by atoms with van der Waals surface area (Å²) in [7, 11) is 0. The normalized spacial score (nSPS) is 19.7. The summed E-state index contributed by atoms with van der Waals surface area (Å²) in [6.45, 7) is 0.492. The number of carbonyl (C=O) groups is 4. The highest BCUT2D eigenvalue weighted by Crippen LogP contribution is 2.39. The summed E-state index contributed by atoms with van der Waals surface area (Å²) < 4.78 is 6.03. The second-order valence-electron chi connectivity index (χ2n) is 13.6. The number of hydrogen-bond acceptors (Lipinski definition) is 5. The van der Waals surface area contributed by atoms with Crippen LogP contribution in [0, 0.1) is 5.92 Å². The third-order valence-electron chi connectivity index (χ3n) is 10.3. The average Bonchev–Trinajstić information content (AvgIpc) is 3.15. The Morgan fingerprint density at radius 2 is 1.44 bits per heavy atom. The van der Waals surface area contributed by atoms with Crippen LogP contribution in [0.3, 0.4) is 0 Å². The minimum Gasteiger partial charge on any atom is -0.478 e. The molecular formula is C41H41N3O6. The van der Waals surface area contributed by atoms with Crippen molar-refractivity contribution in [2.75, 3.05) is 0 Å². The van der Waals surface area contributed by atoms with E-state index in [4.69, 9.17) is 4.74 Å². The van der Waals surface area contributed by atoms with Gasteiger partial charge in [0, 0.05) is 19.5 Å². The standard InChI is InChI=1S/C41H41N3O6/c45-38(42-25-28-15-17-30(18-16-28)41(48)49)37(29-19-21-34(22-20-29)50-33-13-5-2-6-14-33)44-36(23-27-9-3-1-4-10-27)39(46)43-26-32-12-8-7-11-31(32)24-35(43)40(44)47/h2,5-8,11-22,27,35-37H,1,3-4,9-10,23-26H2,(H,42,45)(H,48,49)/t35-,36-,37?/m0/s1. The van der Waals surface area contributed by atoms with E-state index in [1.807, 2.05) is 54.6 Å². The Labute approximate surface area is 291 Å². The van der Waals surface area contributed by atoms with Crippen molar-refractivity contribution in [3.05, 3.63) is 131 Å². The monoisotopic (exact) mass is 671 g/mol. The Morgan fingerprint density at radius 1 is 0.780 bits per heavy atom. The molecule has 2 N–H and O–H groups in total. The minimum absolute atomic E-state index is 0.110. The van der Waals surface area contributed by atoms with Crippen LogP contribution in [0.4, 0.5) is 0 Å². The Bertz CT molecular complexity index is 1850. The van der Waals surface area contributed by atoms with Gasteiger partial charge in [0.1, 0.15) is 29.6 Å². The number of carboxylic acids is 1. The predicted molar refractivity (Wildman–Crippen MR) is 187 cm³/mol. The van der Waals surface area contributed by atoms with Crippen LogP contribution >= 0.6 is 0 Å². The van der Waals surface area contributed by atoms with Crippen molar-refractivity contribution in [1.29, 1.82) is 0 Å². The summed E-state index contributed by atoms with van der Waals surface area (Å²) in [5.41, 5.74) is 3.52. The third-order valence-corrected chi connectivity index (χ3v) is 10.3. The van der Waals surface area contributed by atoms with Gasteiger partial charge in [0.15, 0.2) is 0 Å². The third kappa shape index (κ3) is 6.99. The molecule has 1 aliphatic carbocycles. The van der Waals surface area contributed by atoms with Crippen LogP contribution in [0.25, 0.3) is 0 Å². The van der Waals surface area contributed by atoms with Crippen LogP contribution in [0.15, 0.2) is 103 Å². The molecule has 3 atom stereocenters. The number of benzene rings is 4. The maximum atomic E-state index is 14.8. The number of nitrogens with zero attached hydrogens (tertiary/aromatic N) is 2. The molecule has 4 aromatic rings. The largest absolute Gasteiger partial charge is 0.478 e. The van der Waals surface area contributed by atoms with Gasteiger partial charge in [-0.1, -0.05) is 98.8 Å². The lowest BCUT2D eigenvalue weighted by atomic mass is 9.81. The van der Waals surface area contributed by atoms with Gasteiger partial charge in [-0.3, -0.25) is 14.4 Å². The zero-order chi connectivity index (χ0) is 34.6. The molecule has 1 unspecified atom stereocenters. The summed E-state index contributed by atoms with van der Waals surface area (Å²) in [5.74, 6) is -0.255. The van der Waals surface area contributed by atoms with Gasteiger partial charge in [0.25, 0.3) is 0 Å². The number of ether oxygens (including phenoxy) is 1. The summed E-state index contributed by atoms with van der Waals surface area (Å²) in [5, 5.41) is 12.3. The summed E-state index contributed by atoms with van der Waals surface area (Å²) >= 11 is 0. The number of amides is 3. The maximum absolute atomic E-state index is 14.8. The van der Waals surface area contributed by atoms with E-state index in [9.17, 15) is 24.3 Å². The van der Waals surface area contributed by atoms with Gasteiger partial charge >= 0.3 is 5.97 Å². The highest BCUT2D eigenvalue weighted by molar-refractivity contribution is 6.00. The van der Waals surface area contributed by atoms with E-state index in [1.165, 1.54) is 18.6 Å². The molecule has 0 spiro atoms. The molecule has 1 saturated carbocycles. The predicted octanol–water partition coefficient (Wildman–Crippen LogP) is 6.67. The molecule has 50 heavy (non-hydrogen) atoms. The maximum Gasteiger partial charge on any atom is 0.335 e. The van der Waals surface area contributed by atoms with Gasteiger partial charge in [-0.25, -0.2) is 4.79 Å². The Morgan fingerprint density at radius 3 is 2.14 bits per heavy atom. The van der Waals surface area contributed by atoms with Gasteiger partial charge in [0.2, 0.25) is 17.7 Å². The lowest BCUT2D eigenvalue weighted by Gasteiger charge is -2.50. The van der Waals surface area contributed by atoms with Crippen LogP contribution in [0.2, 0.25) is 0 Å². The Hall–Kier alpha value is -5.44. The van der Waals surface area contributed by atoms with Crippen LogP contribution in [-0.4, -0.2) is 50.7 Å². The lowest BCUT2D eigenvalue weighted by molar-refractivity contribution is -0.169. The van der Waals surface area contributed by atoms with E-state index in [2.05, 4.69) is 5.32 Å². The number of aromatic carboxylic acids is 1. The first-order valence-electron chi connectivity index (χ1n) is 17.5. The Balaban J connectivity index is 1.25. The number of para-hydroxylation sites is 1. The van der Waals surface area contributed by atoms with Crippen molar-refractivity contribution >= 4 is 23.7 Å². The van der Waals surface area contributed by atoms with Crippen LogP contribution < -0.4 is 10.1 Å². The highest BCUT2D eigenvalue weighted by atomic mass is 16.5. The fourth-order valence-corrected chi connectivity index (χ4v) is 7.70. The minimum atomic E-state index is -1.08. The van der Waals surface area contributed by atoms with E-state index in [1.54, 1.807) is 46.2 Å². The Kier molecular flexibility index (Phi) is 9.65. The summed E-state index contributed by atoms with van der Waals surface area (Å²) in [4.78, 5) is 58.6. The molecule has 0 aromatic heterocycles. The van der Waals surface area contributed by atoms with Crippen molar-refractivity contribution in [3.63, 3.8) is 0 Å². The molecule has 2 heterocycles. The van der Waals surface area contributed by atoms with Gasteiger partial charge in [-0.15, -0.1) is 0 Å². The topological polar surface area (TPSA) is 116 Å². The molecular weight excluding hydrogens is 630 g/mol.